The van der Waals surface area contributed by atoms with Crippen LogP contribution in [0, 0.1) is 10.1 Å². The zero-order valence-electron chi connectivity index (χ0n) is 12.6. The quantitative estimate of drug-likeness (QED) is 0.596. The minimum Gasteiger partial charge on any atom is -0.388 e. The van der Waals surface area contributed by atoms with Crippen molar-refractivity contribution in [1.29, 1.82) is 0 Å². The minimum absolute atomic E-state index is 0.0369. The van der Waals surface area contributed by atoms with E-state index in [1.54, 1.807) is 26.0 Å². The van der Waals surface area contributed by atoms with Crippen LogP contribution in [-0.2, 0) is 4.79 Å². The molecule has 0 aromatic heterocycles. The van der Waals surface area contributed by atoms with Gasteiger partial charge in [-0.05, 0) is 25.8 Å². The summed E-state index contributed by atoms with van der Waals surface area (Å²) in [4.78, 5) is 22.3. The molecule has 2 N–H and O–H groups in total. The van der Waals surface area contributed by atoms with E-state index in [-0.39, 0.29) is 18.1 Å². The van der Waals surface area contributed by atoms with Crippen LogP contribution in [-0.4, -0.2) is 28.1 Å². The molecule has 0 radical (unpaired) electrons. The van der Waals surface area contributed by atoms with Crippen LogP contribution in [0.25, 0.3) is 0 Å². The van der Waals surface area contributed by atoms with Crippen molar-refractivity contribution >= 4 is 11.6 Å². The summed E-state index contributed by atoms with van der Waals surface area (Å²) in [6.45, 7) is 5.48. The number of hydrogen-bond acceptors (Lipinski definition) is 4. The molecule has 6 heteroatoms. The highest BCUT2D eigenvalue weighted by atomic mass is 16.6. The molecule has 0 aliphatic heterocycles. The van der Waals surface area contributed by atoms with Crippen molar-refractivity contribution in [3.05, 3.63) is 39.9 Å². The first-order valence-corrected chi connectivity index (χ1v) is 7.01. The lowest BCUT2D eigenvalue weighted by atomic mass is 9.98. The fourth-order valence-corrected chi connectivity index (χ4v) is 2.12. The van der Waals surface area contributed by atoms with E-state index in [0.717, 1.165) is 6.42 Å². The maximum Gasteiger partial charge on any atom is 0.269 e. The Morgan fingerprint density at radius 1 is 1.52 bits per heavy atom. The number of benzene rings is 1. The van der Waals surface area contributed by atoms with E-state index in [1.165, 1.54) is 12.1 Å². The van der Waals surface area contributed by atoms with E-state index < -0.39 is 16.4 Å². The molecule has 2 atom stereocenters. The lowest BCUT2D eigenvalue weighted by Gasteiger charge is -2.24. The van der Waals surface area contributed by atoms with Crippen molar-refractivity contribution in [2.75, 3.05) is 6.54 Å². The Bertz CT molecular complexity index is 514. The number of nitro groups is 1. The lowest BCUT2D eigenvalue weighted by Crippen LogP contribution is -2.41. The minimum atomic E-state index is -0.938. The molecule has 0 spiro atoms. The summed E-state index contributed by atoms with van der Waals surface area (Å²) in [6, 6.07) is 6.03. The average molecular weight is 294 g/mol. The number of amides is 1. The van der Waals surface area contributed by atoms with Crippen molar-refractivity contribution in [2.24, 2.45) is 0 Å². The van der Waals surface area contributed by atoms with Crippen LogP contribution in [0.3, 0.4) is 0 Å². The van der Waals surface area contributed by atoms with Crippen molar-refractivity contribution < 1.29 is 14.8 Å². The maximum absolute atomic E-state index is 12.1. The monoisotopic (exact) mass is 294 g/mol. The number of hydrogen-bond donors (Lipinski definition) is 2. The van der Waals surface area contributed by atoms with Crippen molar-refractivity contribution in [1.82, 2.24) is 5.32 Å². The van der Waals surface area contributed by atoms with Gasteiger partial charge in [-0.2, -0.15) is 0 Å². The summed E-state index contributed by atoms with van der Waals surface area (Å²) < 4.78 is 0. The van der Waals surface area contributed by atoms with E-state index in [9.17, 15) is 20.0 Å². The molecule has 6 nitrogen and oxygen atoms in total. The third-order valence-electron chi connectivity index (χ3n) is 3.41. The van der Waals surface area contributed by atoms with E-state index in [4.69, 9.17) is 0 Å². The highest BCUT2D eigenvalue weighted by molar-refractivity contribution is 5.83. The van der Waals surface area contributed by atoms with Crippen molar-refractivity contribution in [3.63, 3.8) is 0 Å². The topological polar surface area (TPSA) is 92.5 Å². The van der Waals surface area contributed by atoms with Crippen LogP contribution in [0.4, 0.5) is 5.69 Å². The smallest absolute Gasteiger partial charge is 0.269 e. The van der Waals surface area contributed by atoms with Crippen molar-refractivity contribution in [2.45, 2.75) is 45.1 Å². The number of non-ortho nitro benzene ring substituents is 1. The van der Waals surface area contributed by atoms with Crippen LogP contribution < -0.4 is 5.32 Å². The Morgan fingerprint density at radius 2 is 2.19 bits per heavy atom. The SMILES string of the molecule is CCCC(C)(O)CNC(=O)C(C)c1cccc([N+](=O)[O-])c1. The second kappa shape index (κ2) is 7.17. The van der Waals surface area contributed by atoms with Crippen molar-refractivity contribution in [3.8, 4) is 0 Å². The second-order valence-corrected chi connectivity index (χ2v) is 5.54. The van der Waals surface area contributed by atoms with Gasteiger partial charge in [0.25, 0.3) is 5.69 Å². The van der Waals surface area contributed by atoms with Gasteiger partial charge >= 0.3 is 0 Å². The molecule has 1 aromatic rings. The van der Waals surface area contributed by atoms with Crippen LogP contribution in [0.15, 0.2) is 24.3 Å². The van der Waals surface area contributed by atoms with E-state index in [1.807, 2.05) is 6.92 Å². The van der Waals surface area contributed by atoms with Crippen LogP contribution in [0.5, 0.6) is 0 Å². The fraction of sp³-hybridized carbons (Fsp3) is 0.533. The molecule has 0 heterocycles. The summed E-state index contributed by atoms with van der Waals surface area (Å²) >= 11 is 0. The first-order chi connectivity index (χ1) is 9.76. The Balaban J connectivity index is 2.70. The van der Waals surface area contributed by atoms with Gasteiger partial charge in [0, 0.05) is 18.7 Å². The number of nitrogens with zero attached hydrogens (tertiary/aromatic N) is 1. The lowest BCUT2D eigenvalue weighted by molar-refractivity contribution is -0.384. The van der Waals surface area contributed by atoms with Gasteiger partial charge in [-0.25, -0.2) is 0 Å². The Labute approximate surface area is 124 Å². The molecule has 1 rings (SSSR count). The predicted molar refractivity (Wildman–Crippen MR) is 80.1 cm³/mol. The van der Waals surface area contributed by atoms with E-state index in [0.29, 0.717) is 12.0 Å². The highest BCUT2D eigenvalue weighted by Crippen LogP contribution is 2.21. The first kappa shape index (κ1) is 17.1. The molecule has 21 heavy (non-hydrogen) atoms. The molecule has 0 aliphatic carbocycles. The van der Waals surface area contributed by atoms with Gasteiger partial charge in [-0.3, -0.25) is 14.9 Å². The van der Waals surface area contributed by atoms with Gasteiger partial charge in [0.05, 0.1) is 16.4 Å². The van der Waals surface area contributed by atoms with Gasteiger partial charge in [-0.15, -0.1) is 0 Å². The molecule has 0 saturated carbocycles. The highest BCUT2D eigenvalue weighted by Gasteiger charge is 2.23. The largest absolute Gasteiger partial charge is 0.388 e. The average Bonchev–Trinajstić information content (AvgIpc) is 2.44. The van der Waals surface area contributed by atoms with Crippen LogP contribution >= 0.6 is 0 Å². The van der Waals surface area contributed by atoms with Crippen LogP contribution in [0.2, 0.25) is 0 Å². The fourth-order valence-electron chi connectivity index (χ4n) is 2.12. The number of carbonyl (C=O) groups is 1. The molecule has 0 aliphatic rings. The van der Waals surface area contributed by atoms with Gasteiger partial charge < -0.3 is 10.4 Å². The number of aliphatic hydroxyl groups is 1. The zero-order valence-corrected chi connectivity index (χ0v) is 12.6. The zero-order chi connectivity index (χ0) is 16.0. The van der Waals surface area contributed by atoms with E-state index in [2.05, 4.69) is 5.32 Å². The molecule has 1 aromatic carbocycles. The predicted octanol–water partition coefficient (Wildman–Crippen LogP) is 2.37. The molecule has 0 bridgehead atoms. The summed E-state index contributed by atoms with van der Waals surface area (Å²) in [5, 5.41) is 23.5. The number of carbonyl (C=O) groups excluding carboxylic acids is 1. The molecular weight excluding hydrogens is 272 g/mol. The number of nitro benzene ring substituents is 1. The summed E-state index contributed by atoms with van der Waals surface area (Å²) in [5.41, 5.74) is -0.394. The van der Waals surface area contributed by atoms with E-state index >= 15 is 0 Å². The van der Waals surface area contributed by atoms with Crippen LogP contribution in [0.1, 0.15) is 45.1 Å². The first-order valence-electron chi connectivity index (χ1n) is 7.01. The van der Waals surface area contributed by atoms with Gasteiger partial charge in [0.2, 0.25) is 5.91 Å². The molecule has 116 valence electrons. The van der Waals surface area contributed by atoms with Gasteiger partial charge in [-0.1, -0.05) is 25.5 Å². The molecular formula is C15H22N2O4. The summed E-state index contributed by atoms with van der Waals surface area (Å²) in [5.74, 6) is -0.769. The van der Waals surface area contributed by atoms with Gasteiger partial charge in [0.15, 0.2) is 0 Å². The normalized spacial score (nSPS) is 15.0. The molecule has 2 unspecified atom stereocenters. The number of nitrogens with one attached hydrogen (secondary N) is 1. The number of rotatable bonds is 7. The standard InChI is InChI=1S/C15H22N2O4/c1-4-8-15(3,19)10-16-14(18)11(2)12-6-5-7-13(9-12)17(20)21/h5-7,9,11,19H,4,8,10H2,1-3H3,(H,16,18). The molecule has 1 amide bonds. The second-order valence-electron chi connectivity index (χ2n) is 5.54. The maximum atomic E-state index is 12.1. The molecule has 0 saturated heterocycles. The Kier molecular flexibility index (Phi) is 5.84. The third kappa shape index (κ3) is 5.15. The van der Waals surface area contributed by atoms with Gasteiger partial charge in [0.1, 0.15) is 0 Å². The third-order valence-corrected chi connectivity index (χ3v) is 3.41. The Morgan fingerprint density at radius 3 is 2.76 bits per heavy atom. The summed E-state index contributed by atoms with van der Waals surface area (Å²) in [7, 11) is 0. The molecule has 0 fully saturated rings. The summed E-state index contributed by atoms with van der Waals surface area (Å²) in [6.07, 6.45) is 1.42. The Hall–Kier alpha value is -1.95.